The largest absolute Gasteiger partial charge is 0.437 e. The molecule has 170 valence electrons. The van der Waals surface area contributed by atoms with Crippen LogP contribution in [-0.2, 0) is 4.74 Å². The zero-order chi connectivity index (χ0) is 23.4. The number of ether oxygens (including phenoxy) is 2. The molecule has 0 aliphatic heterocycles. The number of hydrogen-bond donors (Lipinski definition) is 2. The Morgan fingerprint density at radius 3 is 2.64 bits per heavy atom. The van der Waals surface area contributed by atoms with Gasteiger partial charge >= 0.3 is 0 Å². The van der Waals surface area contributed by atoms with Crippen LogP contribution in [0.3, 0.4) is 0 Å². The van der Waals surface area contributed by atoms with Crippen molar-refractivity contribution in [3.8, 4) is 22.9 Å². The minimum Gasteiger partial charge on any atom is -0.437 e. The maximum atomic E-state index is 12.1. The maximum absolute atomic E-state index is 12.1. The lowest BCUT2D eigenvalue weighted by molar-refractivity contribution is 0.0962. The highest BCUT2D eigenvalue weighted by Crippen LogP contribution is 2.30. The molecule has 2 N–H and O–H groups in total. The fraction of sp³-hybridized carbons (Fsp3) is 0.240. The molecule has 0 aliphatic carbocycles. The predicted octanol–water partition coefficient (Wildman–Crippen LogP) is 4.22. The Morgan fingerprint density at radius 2 is 1.91 bits per heavy atom. The fourth-order valence-electron chi connectivity index (χ4n) is 3.61. The van der Waals surface area contributed by atoms with Crippen molar-refractivity contribution in [2.75, 3.05) is 32.6 Å². The lowest BCUT2D eigenvalue weighted by atomic mass is 10.0. The summed E-state index contributed by atoms with van der Waals surface area (Å²) < 4.78 is 13.1. The smallest absolute Gasteiger partial charge is 0.251 e. The SMILES string of the molecule is CNC(=O)c1ccc(-c2cnc3c(NCCOC)cc(Oc4ccccc4C)nn23)cc1C. The summed E-state index contributed by atoms with van der Waals surface area (Å²) in [6.07, 6.45) is 1.77. The molecule has 0 saturated carbocycles. The van der Waals surface area contributed by atoms with E-state index in [0.29, 0.717) is 30.2 Å². The third-order valence-electron chi connectivity index (χ3n) is 5.37. The number of benzene rings is 2. The van der Waals surface area contributed by atoms with Crippen LogP contribution >= 0.6 is 0 Å². The van der Waals surface area contributed by atoms with E-state index in [1.165, 1.54) is 0 Å². The maximum Gasteiger partial charge on any atom is 0.251 e. The van der Waals surface area contributed by atoms with E-state index >= 15 is 0 Å². The number of carbonyl (C=O) groups excluding carboxylic acids is 1. The third-order valence-corrected chi connectivity index (χ3v) is 5.37. The van der Waals surface area contributed by atoms with Gasteiger partial charge in [0.25, 0.3) is 5.91 Å². The molecular formula is C25H27N5O3. The van der Waals surface area contributed by atoms with E-state index in [1.54, 1.807) is 24.9 Å². The molecule has 0 aliphatic rings. The highest BCUT2D eigenvalue weighted by atomic mass is 16.5. The van der Waals surface area contributed by atoms with Gasteiger partial charge in [-0.05, 0) is 43.2 Å². The van der Waals surface area contributed by atoms with Crippen LogP contribution in [0, 0.1) is 13.8 Å². The van der Waals surface area contributed by atoms with Gasteiger partial charge in [0, 0.05) is 37.9 Å². The molecule has 0 saturated heterocycles. The molecule has 0 spiro atoms. The summed E-state index contributed by atoms with van der Waals surface area (Å²) in [4.78, 5) is 16.7. The molecule has 2 aromatic carbocycles. The lowest BCUT2D eigenvalue weighted by Gasteiger charge is -2.13. The van der Waals surface area contributed by atoms with Crippen LogP contribution in [0.4, 0.5) is 5.69 Å². The molecule has 2 aromatic heterocycles. The Kier molecular flexibility index (Phi) is 6.55. The molecule has 0 atom stereocenters. The van der Waals surface area contributed by atoms with Crippen LogP contribution in [0.1, 0.15) is 21.5 Å². The minimum atomic E-state index is -0.117. The topological polar surface area (TPSA) is 89.8 Å². The van der Waals surface area contributed by atoms with Gasteiger partial charge in [0.2, 0.25) is 5.88 Å². The second-order valence-electron chi connectivity index (χ2n) is 7.67. The first-order valence-electron chi connectivity index (χ1n) is 10.7. The number of nitrogens with one attached hydrogen (secondary N) is 2. The number of carbonyl (C=O) groups is 1. The van der Waals surface area contributed by atoms with Gasteiger partial charge in [-0.3, -0.25) is 4.79 Å². The molecule has 8 nitrogen and oxygen atoms in total. The number of rotatable bonds is 8. The predicted molar refractivity (Wildman–Crippen MR) is 128 cm³/mol. The number of nitrogens with zero attached hydrogens (tertiary/aromatic N) is 3. The molecule has 33 heavy (non-hydrogen) atoms. The normalized spacial score (nSPS) is 10.9. The van der Waals surface area contributed by atoms with E-state index in [4.69, 9.17) is 14.6 Å². The van der Waals surface area contributed by atoms with Crippen molar-refractivity contribution in [1.82, 2.24) is 19.9 Å². The number of para-hydroxylation sites is 1. The van der Waals surface area contributed by atoms with Gasteiger partial charge in [0.1, 0.15) is 5.75 Å². The van der Waals surface area contributed by atoms with Crippen LogP contribution in [0.5, 0.6) is 11.6 Å². The van der Waals surface area contributed by atoms with Gasteiger partial charge in [-0.2, -0.15) is 0 Å². The zero-order valence-corrected chi connectivity index (χ0v) is 19.2. The molecule has 0 unspecified atom stereocenters. The van der Waals surface area contributed by atoms with Gasteiger partial charge in [-0.15, -0.1) is 5.10 Å². The lowest BCUT2D eigenvalue weighted by Crippen LogP contribution is -2.18. The van der Waals surface area contributed by atoms with E-state index < -0.39 is 0 Å². The van der Waals surface area contributed by atoms with Crippen molar-refractivity contribution in [2.24, 2.45) is 0 Å². The van der Waals surface area contributed by atoms with Crippen molar-refractivity contribution < 1.29 is 14.3 Å². The first-order chi connectivity index (χ1) is 16.0. The summed E-state index contributed by atoms with van der Waals surface area (Å²) in [5, 5.41) is 10.7. The number of fused-ring (bicyclic) bond motifs is 1. The summed E-state index contributed by atoms with van der Waals surface area (Å²) >= 11 is 0. The van der Waals surface area contributed by atoms with Crippen LogP contribution in [-0.4, -0.2) is 47.8 Å². The van der Waals surface area contributed by atoms with E-state index in [9.17, 15) is 4.79 Å². The number of hydrogen-bond acceptors (Lipinski definition) is 6. The number of methoxy groups -OCH3 is 1. The fourth-order valence-corrected chi connectivity index (χ4v) is 3.61. The summed E-state index contributed by atoms with van der Waals surface area (Å²) in [6.45, 7) is 5.07. The molecule has 1 amide bonds. The molecule has 0 bridgehead atoms. The van der Waals surface area contributed by atoms with Crippen molar-refractivity contribution in [1.29, 1.82) is 0 Å². The second kappa shape index (κ2) is 9.70. The van der Waals surface area contributed by atoms with Crippen LogP contribution < -0.4 is 15.4 Å². The van der Waals surface area contributed by atoms with Crippen molar-refractivity contribution in [3.63, 3.8) is 0 Å². The summed E-state index contributed by atoms with van der Waals surface area (Å²) in [6, 6.07) is 15.3. The molecule has 4 rings (SSSR count). The number of anilines is 1. The highest BCUT2D eigenvalue weighted by molar-refractivity contribution is 5.96. The molecule has 4 aromatic rings. The quantitative estimate of drug-likeness (QED) is 0.395. The molecule has 0 radical (unpaired) electrons. The van der Waals surface area contributed by atoms with Gasteiger partial charge in [0.05, 0.1) is 24.2 Å². The van der Waals surface area contributed by atoms with Crippen molar-refractivity contribution >= 4 is 17.2 Å². The Hall–Kier alpha value is -3.91. The zero-order valence-electron chi connectivity index (χ0n) is 19.2. The molecule has 8 heteroatoms. The molecule has 0 fully saturated rings. The average Bonchev–Trinajstić information content (AvgIpc) is 3.24. The summed E-state index contributed by atoms with van der Waals surface area (Å²) in [5.74, 6) is 1.06. The van der Waals surface area contributed by atoms with Gasteiger partial charge in [-0.25, -0.2) is 9.50 Å². The van der Waals surface area contributed by atoms with Gasteiger partial charge < -0.3 is 20.1 Å². The first kappa shape index (κ1) is 22.3. The third kappa shape index (κ3) is 4.65. The Bertz CT molecular complexity index is 1300. The van der Waals surface area contributed by atoms with Crippen molar-refractivity contribution in [3.05, 3.63) is 71.4 Å². The van der Waals surface area contributed by atoms with Gasteiger partial charge in [-0.1, -0.05) is 24.3 Å². The van der Waals surface area contributed by atoms with E-state index in [0.717, 1.165) is 33.8 Å². The summed E-state index contributed by atoms with van der Waals surface area (Å²) in [7, 11) is 3.28. The Balaban J connectivity index is 1.79. The Morgan fingerprint density at radius 1 is 1.09 bits per heavy atom. The number of imidazole rings is 1. The first-order valence-corrected chi connectivity index (χ1v) is 10.7. The van der Waals surface area contributed by atoms with E-state index in [1.807, 2.05) is 62.4 Å². The standard InChI is InChI=1S/C25H27N5O3/c1-16-7-5-6-8-22(16)33-23-14-20(27-11-12-32-4)24-28-15-21(30(24)29-23)18-9-10-19(17(2)13-18)25(31)26-3/h5-10,13-15,27H,11-12H2,1-4H3,(H,26,31). The Labute approximate surface area is 192 Å². The van der Waals surface area contributed by atoms with E-state index in [-0.39, 0.29) is 5.91 Å². The highest BCUT2D eigenvalue weighted by Gasteiger charge is 2.16. The average molecular weight is 446 g/mol. The molecular weight excluding hydrogens is 418 g/mol. The van der Waals surface area contributed by atoms with E-state index in [2.05, 4.69) is 15.6 Å². The number of aryl methyl sites for hydroxylation is 2. The van der Waals surface area contributed by atoms with Crippen LogP contribution in [0.25, 0.3) is 16.9 Å². The van der Waals surface area contributed by atoms with Crippen LogP contribution in [0.15, 0.2) is 54.7 Å². The van der Waals surface area contributed by atoms with Crippen molar-refractivity contribution in [2.45, 2.75) is 13.8 Å². The summed E-state index contributed by atoms with van der Waals surface area (Å²) in [5.41, 5.74) is 5.67. The number of amides is 1. The molecule has 2 heterocycles. The van der Waals surface area contributed by atoms with Crippen LogP contribution in [0.2, 0.25) is 0 Å². The monoisotopic (exact) mass is 445 g/mol. The second-order valence-corrected chi connectivity index (χ2v) is 7.67. The van der Waals surface area contributed by atoms with Gasteiger partial charge in [0.15, 0.2) is 5.65 Å². The number of aromatic nitrogens is 3. The minimum absolute atomic E-state index is 0.117.